The molecule has 3 aliphatic heterocycles. The number of para-hydroxylation sites is 2. The smallest absolute Gasteiger partial charge is 0.405 e. The van der Waals surface area contributed by atoms with Gasteiger partial charge in [0.15, 0.2) is 0 Å². The highest BCUT2D eigenvalue weighted by Crippen LogP contribution is 2.43. The summed E-state index contributed by atoms with van der Waals surface area (Å²) < 4.78 is 35.9. The molecular weight excluding hydrogens is 624 g/mol. The second kappa shape index (κ2) is 13.8. The van der Waals surface area contributed by atoms with Crippen LogP contribution in [0.3, 0.4) is 0 Å². The van der Waals surface area contributed by atoms with Gasteiger partial charge in [-0.3, -0.25) is 0 Å². The van der Waals surface area contributed by atoms with Crippen LogP contribution >= 0.6 is 11.6 Å². The molecule has 0 radical (unpaired) electrons. The van der Waals surface area contributed by atoms with Gasteiger partial charge in [-0.05, 0) is 120 Å². The summed E-state index contributed by atoms with van der Waals surface area (Å²) >= 11 is 5.79. The van der Waals surface area contributed by atoms with E-state index in [-0.39, 0.29) is 33.6 Å². The van der Waals surface area contributed by atoms with Gasteiger partial charge < -0.3 is 39.4 Å². The lowest BCUT2D eigenvalue weighted by Crippen LogP contribution is -2.41. The Morgan fingerprint density at radius 3 is 1.19 bits per heavy atom. The van der Waals surface area contributed by atoms with Crippen LogP contribution < -0.4 is 16.9 Å². The van der Waals surface area contributed by atoms with Crippen molar-refractivity contribution in [3.8, 4) is 0 Å². The van der Waals surface area contributed by atoms with Crippen LogP contribution in [0, 0.1) is 0 Å². The van der Waals surface area contributed by atoms with Gasteiger partial charge >= 0.3 is 21.1 Å². The largest absolute Gasteiger partial charge is 0.496 e. The van der Waals surface area contributed by atoms with Crippen molar-refractivity contribution in [3.63, 3.8) is 0 Å². The Hall–Kier alpha value is -2.24. The number of nitrogen functional groups attached to an aromatic ring is 2. The average Bonchev–Trinajstić information content (AvgIpc) is 3.39. The lowest BCUT2D eigenvalue weighted by molar-refractivity contribution is 0.00578. The van der Waals surface area contributed by atoms with Crippen LogP contribution in [0.5, 0.6) is 0 Å². The van der Waals surface area contributed by atoms with Gasteiger partial charge in [-0.1, -0.05) is 55.1 Å². The molecule has 0 spiro atoms. The lowest BCUT2D eigenvalue weighted by Gasteiger charge is -2.32. The first kappa shape index (κ1) is 40.2. The average molecular weight is 681 g/mol. The minimum absolute atomic E-state index is 0.358. The van der Waals surface area contributed by atoms with Crippen molar-refractivity contribution >= 4 is 60.7 Å². The molecule has 3 heterocycles. The van der Waals surface area contributed by atoms with E-state index in [0.29, 0.717) is 16.4 Å². The molecule has 2 aromatic rings. The van der Waals surface area contributed by atoms with E-state index >= 15 is 0 Å². The Kier molecular flexibility index (Phi) is 11.6. The number of anilines is 2. The molecule has 2 aromatic carbocycles. The molecule has 0 unspecified atom stereocenters. The summed E-state index contributed by atoms with van der Waals surface area (Å²) in [5.41, 5.74) is 15.7. The zero-order valence-electron chi connectivity index (χ0n) is 31.6. The quantitative estimate of drug-likeness (QED) is 0.249. The molecule has 12 heteroatoms. The van der Waals surface area contributed by atoms with Gasteiger partial charge in [0.05, 0.1) is 44.3 Å². The number of hydrogen-bond acceptors (Lipinski definition) is 8. The summed E-state index contributed by atoms with van der Waals surface area (Å²) in [6.45, 7) is 35.9. The third-order valence-electron chi connectivity index (χ3n) is 10.4. The molecule has 3 aliphatic rings. The van der Waals surface area contributed by atoms with Gasteiger partial charge in [0.25, 0.3) is 0 Å². The lowest BCUT2D eigenvalue weighted by atomic mass is 9.49. The van der Waals surface area contributed by atoms with E-state index in [2.05, 4.69) is 13.2 Å². The first-order valence-electron chi connectivity index (χ1n) is 16.5. The molecule has 3 saturated heterocycles. The van der Waals surface area contributed by atoms with E-state index in [0.717, 1.165) is 27.7 Å². The van der Waals surface area contributed by atoms with Crippen molar-refractivity contribution in [1.29, 1.82) is 0 Å². The standard InChI is InChI=1S/C15H22BNO2.C12H24B2O4.C9H10ClN/c1-10(2)11-8-7-9-12(13(11)17)16-18-14(3,4)15(5,6)19-16;1-9(2)10(3,4)16-13(15-9)14-17-11(5,6)12(7,8)18-14;1-6(2)7-4-3-5-8(10)9(7)11/h7-9H,1,17H2,2-6H3;1-8H3;3-5H,1,11H2,2H3. The molecule has 4 N–H and O–H groups in total. The van der Waals surface area contributed by atoms with Crippen LogP contribution in [0.25, 0.3) is 11.1 Å². The molecule has 3 fully saturated rings. The molecule has 5 rings (SSSR count). The summed E-state index contributed by atoms with van der Waals surface area (Å²) in [4.78, 5) is 0. The molecule has 0 amide bonds. The maximum atomic E-state index is 6.22. The molecule has 0 bridgehead atoms. The van der Waals surface area contributed by atoms with Gasteiger partial charge in [0.2, 0.25) is 0 Å². The van der Waals surface area contributed by atoms with Crippen LogP contribution in [-0.4, -0.2) is 54.7 Å². The topological polar surface area (TPSA) is 107 Å². The van der Waals surface area contributed by atoms with Crippen molar-refractivity contribution in [2.45, 2.75) is 131 Å². The number of hydrogen-bond donors (Lipinski definition) is 2. The number of halogens is 1. The number of nitrogens with two attached hydrogens (primary N) is 2. The summed E-state index contributed by atoms with van der Waals surface area (Å²) in [6, 6.07) is 11.4. The van der Waals surface area contributed by atoms with Crippen LogP contribution in [-0.2, 0) is 27.9 Å². The molecule has 0 aliphatic carbocycles. The number of allylic oxidation sites excluding steroid dienone is 2. The third-order valence-corrected chi connectivity index (χ3v) is 10.7. The van der Waals surface area contributed by atoms with Crippen LogP contribution in [0.4, 0.5) is 11.4 Å². The highest BCUT2D eigenvalue weighted by atomic mass is 35.5. The van der Waals surface area contributed by atoms with E-state index in [1.165, 1.54) is 0 Å². The second-order valence-corrected chi connectivity index (χ2v) is 16.3. The van der Waals surface area contributed by atoms with E-state index in [1.807, 2.05) is 127 Å². The fourth-order valence-electron chi connectivity index (χ4n) is 5.04. The maximum absolute atomic E-state index is 6.22. The number of rotatable bonds is 4. The SMILES string of the molecule is C=C(C)c1cccc(B2OC(C)(C)C(C)(C)O2)c1N.C=C(C)c1cccc(Cl)c1N.CC1(C)OB(B2OC(C)(C)C(C)(C)O2)OC1(C)C. The Morgan fingerprint density at radius 2 is 0.854 bits per heavy atom. The number of benzene rings is 2. The summed E-state index contributed by atoms with van der Waals surface area (Å²) in [5.74, 6) is 0. The molecule has 8 nitrogen and oxygen atoms in total. The Balaban J connectivity index is 0.000000203. The van der Waals surface area contributed by atoms with Crippen molar-refractivity contribution in [2.24, 2.45) is 0 Å². The van der Waals surface area contributed by atoms with E-state index in [4.69, 9.17) is 51.0 Å². The van der Waals surface area contributed by atoms with Gasteiger partial charge in [0.1, 0.15) is 0 Å². The van der Waals surface area contributed by atoms with Crippen molar-refractivity contribution in [1.82, 2.24) is 0 Å². The summed E-state index contributed by atoms with van der Waals surface area (Å²) in [6.07, 6.45) is 0. The minimum atomic E-state index is -0.476. The Labute approximate surface area is 295 Å². The van der Waals surface area contributed by atoms with Gasteiger partial charge in [-0.15, -0.1) is 0 Å². The van der Waals surface area contributed by atoms with Crippen LogP contribution in [0.2, 0.25) is 5.02 Å². The van der Waals surface area contributed by atoms with Gasteiger partial charge in [0, 0.05) is 16.7 Å². The van der Waals surface area contributed by atoms with Crippen LogP contribution in [0.1, 0.15) is 108 Å². The van der Waals surface area contributed by atoms with E-state index < -0.39 is 21.1 Å². The van der Waals surface area contributed by atoms with E-state index in [9.17, 15) is 0 Å². The molecule has 262 valence electrons. The highest BCUT2D eigenvalue weighted by Gasteiger charge is 2.63. The summed E-state index contributed by atoms with van der Waals surface area (Å²) in [7, 11) is -1.38. The molecule has 0 aromatic heterocycles. The molecular formula is C36H56B3ClN2O6. The van der Waals surface area contributed by atoms with E-state index in [1.54, 1.807) is 6.07 Å². The second-order valence-electron chi connectivity index (χ2n) is 15.9. The first-order valence-corrected chi connectivity index (χ1v) is 16.9. The molecule has 48 heavy (non-hydrogen) atoms. The van der Waals surface area contributed by atoms with Crippen molar-refractivity contribution in [3.05, 3.63) is 65.7 Å². The fourth-order valence-corrected chi connectivity index (χ4v) is 5.21. The van der Waals surface area contributed by atoms with Crippen LogP contribution in [0.15, 0.2) is 49.6 Å². The zero-order valence-corrected chi connectivity index (χ0v) is 32.3. The Bertz CT molecular complexity index is 1440. The summed E-state index contributed by atoms with van der Waals surface area (Å²) in [5, 5.41) is 0.588. The third kappa shape index (κ3) is 8.21. The minimum Gasteiger partial charge on any atom is -0.405 e. The maximum Gasteiger partial charge on any atom is 0.496 e. The first-order chi connectivity index (χ1) is 21.7. The zero-order chi connectivity index (χ0) is 36.8. The highest BCUT2D eigenvalue weighted by molar-refractivity contribution is 7.11. The molecule has 0 atom stereocenters. The normalized spacial score (nSPS) is 22.4. The predicted molar refractivity (Wildman–Crippen MR) is 204 cm³/mol. The monoisotopic (exact) mass is 680 g/mol. The Morgan fingerprint density at radius 1 is 0.542 bits per heavy atom. The van der Waals surface area contributed by atoms with Gasteiger partial charge in [-0.2, -0.15) is 0 Å². The molecule has 0 saturated carbocycles. The van der Waals surface area contributed by atoms with Gasteiger partial charge in [-0.25, -0.2) is 0 Å². The van der Waals surface area contributed by atoms with Crippen molar-refractivity contribution in [2.75, 3.05) is 11.5 Å². The fraction of sp³-hybridized carbons (Fsp3) is 0.556. The predicted octanol–water partition coefficient (Wildman–Crippen LogP) is 7.81. The van der Waals surface area contributed by atoms with Crippen molar-refractivity contribution < 1.29 is 27.9 Å².